The zero-order valence-corrected chi connectivity index (χ0v) is 10.2. The first-order valence-electron chi connectivity index (χ1n) is 5.80. The normalized spacial score (nSPS) is 12.4. The van der Waals surface area contributed by atoms with Crippen LogP contribution >= 0.6 is 0 Å². The maximum atomic E-state index is 13.0. The minimum absolute atomic E-state index is 0.295. The highest BCUT2D eigenvalue weighted by molar-refractivity contribution is 5.20. The first kappa shape index (κ1) is 14.6. The first-order chi connectivity index (χ1) is 8.58. The summed E-state index contributed by atoms with van der Waals surface area (Å²) < 4.78 is 25.8. The van der Waals surface area contributed by atoms with Crippen molar-refractivity contribution in [3.8, 4) is 6.07 Å². The van der Waals surface area contributed by atoms with E-state index in [1.807, 2.05) is 17.9 Å². The van der Waals surface area contributed by atoms with Crippen molar-refractivity contribution in [1.82, 2.24) is 4.90 Å². The van der Waals surface area contributed by atoms with Gasteiger partial charge in [0, 0.05) is 19.5 Å². The fourth-order valence-electron chi connectivity index (χ4n) is 1.66. The number of nitrogens with zero attached hydrogens (tertiary/aromatic N) is 2. The predicted octanol–water partition coefficient (Wildman–Crippen LogP) is 2.23. The number of hydrogen-bond acceptors (Lipinski definition) is 3. The molecule has 1 aromatic carbocycles. The molecule has 0 saturated carbocycles. The van der Waals surface area contributed by atoms with E-state index in [0.29, 0.717) is 31.6 Å². The number of likely N-dealkylation sites (N-methyl/N-ethyl adjacent to an activating group) is 1. The minimum Gasteiger partial charge on any atom is -0.387 e. The molecule has 1 aromatic rings. The second kappa shape index (κ2) is 7.04. The lowest BCUT2D eigenvalue weighted by molar-refractivity contribution is 0.117. The zero-order chi connectivity index (χ0) is 13.5. The molecule has 0 aliphatic carbocycles. The summed E-state index contributed by atoms with van der Waals surface area (Å²) >= 11 is 0. The molecule has 0 aliphatic heterocycles. The van der Waals surface area contributed by atoms with Crippen LogP contribution in [0.3, 0.4) is 0 Å². The van der Waals surface area contributed by atoms with Crippen LogP contribution in [0.4, 0.5) is 8.78 Å². The molecule has 5 heteroatoms. The van der Waals surface area contributed by atoms with Gasteiger partial charge in [0.05, 0.1) is 12.2 Å². The SMILES string of the molecule is CCN(CCC#N)CC(O)c1ccc(F)c(F)c1. The fraction of sp³-hybridized carbons (Fsp3) is 0.462. The van der Waals surface area contributed by atoms with Gasteiger partial charge in [-0.05, 0) is 24.2 Å². The summed E-state index contributed by atoms with van der Waals surface area (Å²) in [4.78, 5) is 1.88. The smallest absolute Gasteiger partial charge is 0.159 e. The molecule has 18 heavy (non-hydrogen) atoms. The molecule has 0 fully saturated rings. The van der Waals surface area contributed by atoms with Gasteiger partial charge in [0.2, 0.25) is 0 Å². The highest BCUT2D eigenvalue weighted by atomic mass is 19.2. The van der Waals surface area contributed by atoms with Gasteiger partial charge in [-0.25, -0.2) is 8.78 Å². The standard InChI is InChI=1S/C13H16F2N2O/c1-2-17(7-3-6-16)9-13(18)10-4-5-11(14)12(15)8-10/h4-5,8,13,18H,2-3,7,9H2,1H3. The van der Waals surface area contributed by atoms with E-state index in [1.165, 1.54) is 6.07 Å². The molecule has 1 N–H and O–H groups in total. The van der Waals surface area contributed by atoms with Gasteiger partial charge >= 0.3 is 0 Å². The van der Waals surface area contributed by atoms with Crippen molar-refractivity contribution >= 4 is 0 Å². The van der Waals surface area contributed by atoms with E-state index in [-0.39, 0.29) is 0 Å². The number of nitriles is 1. The first-order valence-corrected chi connectivity index (χ1v) is 5.80. The molecule has 1 rings (SSSR count). The molecule has 0 heterocycles. The van der Waals surface area contributed by atoms with Crippen LogP contribution in [0.15, 0.2) is 18.2 Å². The predicted molar refractivity (Wildman–Crippen MR) is 63.7 cm³/mol. The Morgan fingerprint density at radius 2 is 2.11 bits per heavy atom. The lowest BCUT2D eigenvalue weighted by Crippen LogP contribution is -2.29. The van der Waals surface area contributed by atoms with Gasteiger partial charge in [-0.15, -0.1) is 0 Å². The summed E-state index contributed by atoms with van der Waals surface area (Å²) in [5, 5.41) is 18.4. The van der Waals surface area contributed by atoms with Gasteiger partial charge < -0.3 is 5.11 Å². The van der Waals surface area contributed by atoms with Crippen LogP contribution < -0.4 is 0 Å². The molecule has 0 radical (unpaired) electrons. The van der Waals surface area contributed by atoms with Crippen molar-refractivity contribution in [1.29, 1.82) is 5.26 Å². The van der Waals surface area contributed by atoms with E-state index >= 15 is 0 Å². The molecule has 0 spiro atoms. The molecule has 0 aromatic heterocycles. The number of rotatable bonds is 6. The Balaban J connectivity index is 2.65. The number of aliphatic hydroxyl groups is 1. The lowest BCUT2D eigenvalue weighted by atomic mass is 10.1. The van der Waals surface area contributed by atoms with Crippen LogP contribution in [0.25, 0.3) is 0 Å². The molecule has 3 nitrogen and oxygen atoms in total. The summed E-state index contributed by atoms with van der Waals surface area (Å²) in [5.74, 6) is -1.89. The molecule has 1 unspecified atom stereocenters. The Morgan fingerprint density at radius 1 is 1.39 bits per heavy atom. The van der Waals surface area contributed by atoms with E-state index < -0.39 is 17.7 Å². The van der Waals surface area contributed by atoms with Crippen LogP contribution in [-0.4, -0.2) is 29.6 Å². The highest BCUT2D eigenvalue weighted by Gasteiger charge is 2.14. The molecular weight excluding hydrogens is 238 g/mol. The molecule has 0 bridgehead atoms. The number of halogens is 2. The van der Waals surface area contributed by atoms with E-state index in [1.54, 1.807) is 0 Å². The minimum atomic E-state index is -0.966. The summed E-state index contributed by atoms with van der Waals surface area (Å²) in [7, 11) is 0. The Hall–Kier alpha value is -1.51. The second-order valence-electron chi connectivity index (χ2n) is 3.99. The van der Waals surface area contributed by atoms with Gasteiger partial charge in [-0.1, -0.05) is 13.0 Å². The highest BCUT2D eigenvalue weighted by Crippen LogP contribution is 2.17. The van der Waals surface area contributed by atoms with E-state index in [9.17, 15) is 13.9 Å². The molecule has 0 amide bonds. The van der Waals surface area contributed by atoms with Crippen molar-refractivity contribution in [2.24, 2.45) is 0 Å². The van der Waals surface area contributed by atoms with Crippen molar-refractivity contribution in [3.05, 3.63) is 35.4 Å². The van der Waals surface area contributed by atoms with Gasteiger partial charge in [-0.3, -0.25) is 4.90 Å². The summed E-state index contributed by atoms with van der Waals surface area (Å²) in [5.41, 5.74) is 0.337. The molecule has 0 aliphatic rings. The summed E-state index contributed by atoms with van der Waals surface area (Å²) in [6.07, 6.45) is -0.517. The molecule has 98 valence electrons. The fourth-order valence-corrected chi connectivity index (χ4v) is 1.66. The Bertz CT molecular complexity index is 431. The Morgan fingerprint density at radius 3 is 2.67 bits per heavy atom. The lowest BCUT2D eigenvalue weighted by Gasteiger charge is -2.22. The van der Waals surface area contributed by atoms with Gasteiger partial charge in [0.15, 0.2) is 11.6 Å². The van der Waals surface area contributed by atoms with E-state index in [2.05, 4.69) is 0 Å². The third-order valence-corrected chi connectivity index (χ3v) is 2.75. The van der Waals surface area contributed by atoms with Gasteiger partial charge in [-0.2, -0.15) is 5.26 Å². The molecular formula is C13H16F2N2O. The summed E-state index contributed by atoms with van der Waals surface area (Å²) in [6.45, 7) is 3.44. The van der Waals surface area contributed by atoms with Crippen LogP contribution in [0.5, 0.6) is 0 Å². The monoisotopic (exact) mass is 254 g/mol. The maximum Gasteiger partial charge on any atom is 0.159 e. The third-order valence-electron chi connectivity index (χ3n) is 2.75. The van der Waals surface area contributed by atoms with Crippen molar-refractivity contribution in [3.63, 3.8) is 0 Å². The third kappa shape index (κ3) is 4.06. The Labute approximate surface area is 105 Å². The average Bonchev–Trinajstić information content (AvgIpc) is 2.37. The zero-order valence-electron chi connectivity index (χ0n) is 10.2. The number of benzene rings is 1. The van der Waals surface area contributed by atoms with Crippen LogP contribution in [-0.2, 0) is 0 Å². The van der Waals surface area contributed by atoms with Crippen LogP contribution in [0.1, 0.15) is 25.0 Å². The molecule has 1 atom stereocenters. The molecule has 0 saturated heterocycles. The van der Waals surface area contributed by atoms with E-state index in [0.717, 1.165) is 12.1 Å². The summed E-state index contributed by atoms with van der Waals surface area (Å²) in [6, 6.07) is 5.39. The Kier molecular flexibility index (Phi) is 5.69. The van der Waals surface area contributed by atoms with Gasteiger partial charge in [0.25, 0.3) is 0 Å². The van der Waals surface area contributed by atoms with Crippen LogP contribution in [0, 0.1) is 23.0 Å². The maximum absolute atomic E-state index is 13.0. The van der Waals surface area contributed by atoms with E-state index in [4.69, 9.17) is 5.26 Å². The second-order valence-corrected chi connectivity index (χ2v) is 3.99. The topological polar surface area (TPSA) is 47.3 Å². The average molecular weight is 254 g/mol. The quantitative estimate of drug-likeness (QED) is 0.846. The van der Waals surface area contributed by atoms with Crippen LogP contribution in [0.2, 0.25) is 0 Å². The van der Waals surface area contributed by atoms with Crippen molar-refractivity contribution < 1.29 is 13.9 Å². The van der Waals surface area contributed by atoms with Gasteiger partial charge in [0.1, 0.15) is 0 Å². The number of aliphatic hydroxyl groups excluding tert-OH is 1. The largest absolute Gasteiger partial charge is 0.387 e. The number of hydrogen-bond donors (Lipinski definition) is 1. The van der Waals surface area contributed by atoms with Crippen molar-refractivity contribution in [2.75, 3.05) is 19.6 Å². The van der Waals surface area contributed by atoms with Crippen molar-refractivity contribution in [2.45, 2.75) is 19.4 Å².